The Bertz CT molecular complexity index is 886. The molecule has 0 aliphatic carbocycles. The lowest BCUT2D eigenvalue weighted by atomic mass is 10.2. The Balaban J connectivity index is 2.48. The van der Waals surface area contributed by atoms with E-state index in [9.17, 15) is 21.6 Å². The van der Waals surface area contributed by atoms with Crippen LogP contribution in [0.3, 0.4) is 0 Å². The number of nitrogens with one attached hydrogen (secondary N) is 2. The fourth-order valence-electron chi connectivity index (χ4n) is 2.09. The van der Waals surface area contributed by atoms with Gasteiger partial charge in [0, 0.05) is 0 Å². The number of aryl methyl sites for hydroxylation is 1. The first-order valence-corrected chi connectivity index (χ1v) is 9.23. The number of halogens is 3. The minimum Gasteiger partial charge on any atom is -0.349 e. The van der Waals surface area contributed by atoms with Gasteiger partial charge in [0.1, 0.15) is 11.5 Å². The van der Waals surface area contributed by atoms with Crippen molar-refractivity contribution in [1.82, 2.24) is 0 Å². The number of rotatable bonds is 6. The summed E-state index contributed by atoms with van der Waals surface area (Å²) < 4.78 is 68.5. The number of sulfonamides is 1. The molecule has 0 heterocycles. The standard InChI is InChI=1S/C17H19F3N2O2S/c1-4-11(3)25(23,24)22-15-8-6-12(18)16(20)17(15)21-14-7-5-10(2)9-13(14)19/h5-9,11,21-22H,4H2,1-3H3. The molecule has 0 amide bonds. The number of anilines is 3. The molecule has 0 bridgehead atoms. The Morgan fingerprint density at radius 3 is 2.28 bits per heavy atom. The van der Waals surface area contributed by atoms with Gasteiger partial charge in [0.15, 0.2) is 11.6 Å². The maximum atomic E-state index is 14.2. The maximum Gasteiger partial charge on any atom is 0.235 e. The van der Waals surface area contributed by atoms with Crippen LogP contribution in [-0.2, 0) is 10.0 Å². The Morgan fingerprint density at radius 1 is 1.04 bits per heavy atom. The van der Waals surface area contributed by atoms with E-state index in [-0.39, 0.29) is 11.4 Å². The summed E-state index contributed by atoms with van der Waals surface area (Å²) in [6, 6.07) is 6.07. The van der Waals surface area contributed by atoms with Crippen LogP contribution >= 0.6 is 0 Å². The van der Waals surface area contributed by atoms with Gasteiger partial charge in [-0.3, -0.25) is 4.72 Å². The summed E-state index contributed by atoms with van der Waals surface area (Å²) in [6.07, 6.45) is 0.342. The van der Waals surface area contributed by atoms with Crippen LogP contribution < -0.4 is 10.0 Å². The highest BCUT2D eigenvalue weighted by molar-refractivity contribution is 7.93. The Kier molecular flexibility index (Phi) is 5.62. The molecular weight excluding hydrogens is 353 g/mol. The highest BCUT2D eigenvalue weighted by atomic mass is 32.2. The van der Waals surface area contributed by atoms with Gasteiger partial charge in [-0.05, 0) is 50.1 Å². The van der Waals surface area contributed by atoms with Gasteiger partial charge < -0.3 is 5.32 Å². The third kappa shape index (κ3) is 4.25. The molecule has 1 atom stereocenters. The normalized spacial score (nSPS) is 12.7. The molecule has 25 heavy (non-hydrogen) atoms. The quantitative estimate of drug-likeness (QED) is 0.773. The molecule has 4 nitrogen and oxygen atoms in total. The van der Waals surface area contributed by atoms with Crippen molar-refractivity contribution in [2.24, 2.45) is 0 Å². The first-order chi connectivity index (χ1) is 11.7. The Hall–Kier alpha value is -2.22. The third-order valence-electron chi connectivity index (χ3n) is 3.84. The molecule has 0 aliphatic heterocycles. The highest BCUT2D eigenvalue weighted by Gasteiger charge is 2.23. The molecular formula is C17H19F3N2O2S. The van der Waals surface area contributed by atoms with Crippen LogP contribution in [-0.4, -0.2) is 13.7 Å². The summed E-state index contributed by atoms with van der Waals surface area (Å²) in [5, 5.41) is 1.71. The van der Waals surface area contributed by atoms with Gasteiger partial charge in [0.05, 0.1) is 16.6 Å². The average Bonchev–Trinajstić information content (AvgIpc) is 2.55. The van der Waals surface area contributed by atoms with E-state index in [4.69, 9.17) is 0 Å². The van der Waals surface area contributed by atoms with Gasteiger partial charge in [-0.25, -0.2) is 21.6 Å². The molecule has 2 aromatic carbocycles. The zero-order valence-electron chi connectivity index (χ0n) is 14.0. The smallest absolute Gasteiger partial charge is 0.235 e. The summed E-state index contributed by atoms with van der Waals surface area (Å²) in [6.45, 7) is 4.87. The molecule has 136 valence electrons. The summed E-state index contributed by atoms with van der Waals surface area (Å²) >= 11 is 0. The second-order valence-electron chi connectivity index (χ2n) is 5.76. The van der Waals surface area contributed by atoms with Crippen molar-refractivity contribution in [3.05, 3.63) is 53.3 Å². The van der Waals surface area contributed by atoms with Gasteiger partial charge in [0.2, 0.25) is 10.0 Å². The molecule has 2 aromatic rings. The van der Waals surface area contributed by atoms with Crippen LogP contribution in [0.15, 0.2) is 30.3 Å². The van der Waals surface area contributed by atoms with E-state index >= 15 is 0 Å². The minimum atomic E-state index is -3.80. The van der Waals surface area contributed by atoms with E-state index < -0.39 is 38.4 Å². The van der Waals surface area contributed by atoms with Gasteiger partial charge in [-0.2, -0.15) is 0 Å². The van der Waals surface area contributed by atoms with Gasteiger partial charge >= 0.3 is 0 Å². The van der Waals surface area contributed by atoms with Crippen molar-refractivity contribution < 1.29 is 21.6 Å². The summed E-state index contributed by atoms with van der Waals surface area (Å²) in [7, 11) is -3.80. The van der Waals surface area contributed by atoms with Crippen LogP contribution in [0, 0.1) is 24.4 Å². The highest BCUT2D eigenvalue weighted by Crippen LogP contribution is 2.32. The lowest BCUT2D eigenvalue weighted by molar-refractivity contribution is 0.512. The molecule has 8 heteroatoms. The molecule has 1 unspecified atom stereocenters. The van der Waals surface area contributed by atoms with Crippen LogP contribution in [0.25, 0.3) is 0 Å². The van der Waals surface area contributed by atoms with Crippen molar-refractivity contribution >= 4 is 27.1 Å². The molecule has 0 fully saturated rings. The zero-order valence-corrected chi connectivity index (χ0v) is 14.8. The molecule has 0 saturated heterocycles. The molecule has 2 N–H and O–H groups in total. The molecule has 2 rings (SSSR count). The number of benzene rings is 2. The van der Waals surface area contributed by atoms with E-state index in [2.05, 4.69) is 10.0 Å². The monoisotopic (exact) mass is 372 g/mol. The summed E-state index contributed by atoms with van der Waals surface area (Å²) in [4.78, 5) is 0. The lowest BCUT2D eigenvalue weighted by Crippen LogP contribution is -2.25. The van der Waals surface area contributed by atoms with Crippen molar-refractivity contribution in [2.75, 3.05) is 10.0 Å². The average molecular weight is 372 g/mol. The van der Waals surface area contributed by atoms with Gasteiger partial charge in [-0.15, -0.1) is 0 Å². The van der Waals surface area contributed by atoms with Crippen molar-refractivity contribution in [3.63, 3.8) is 0 Å². The van der Waals surface area contributed by atoms with Crippen molar-refractivity contribution in [1.29, 1.82) is 0 Å². The van der Waals surface area contributed by atoms with Crippen LogP contribution in [0.2, 0.25) is 0 Å². The van der Waals surface area contributed by atoms with E-state index in [1.165, 1.54) is 19.1 Å². The molecule has 0 aromatic heterocycles. The number of hydrogen-bond acceptors (Lipinski definition) is 3. The van der Waals surface area contributed by atoms with Crippen molar-refractivity contribution in [3.8, 4) is 0 Å². The minimum absolute atomic E-state index is 0.0981. The Labute approximate surface area is 145 Å². The SMILES string of the molecule is CCC(C)S(=O)(=O)Nc1ccc(F)c(F)c1Nc1ccc(C)cc1F. The number of hydrogen-bond donors (Lipinski definition) is 2. The first-order valence-electron chi connectivity index (χ1n) is 7.68. The lowest BCUT2D eigenvalue weighted by Gasteiger charge is -2.18. The fourth-order valence-corrected chi connectivity index (χ4v) is 3.20. The van der Waals surface area contributed by atoms with Crippen molar-refractivity contribution in [2.45, 2.75) is 32.4 Å². The topological polar surface area (TPSA) is 58.2 Å². The molecule has 0 spiro atoms. The second kappa shape index (κ2) is 7.35. The van der Waals surface area contributed by atoms with Crippen LogP contribution in [0.1, 0.15) is 25.8 Å². The van der Waals surface area contributed by atoms with Crippen LogP contribution in [0.4, 0.5) is 30.2 Å². The maximum absolute atomic E-state index is 14.2. The Morgan fingerprint density at radius 2 is 1.68 bits per heavy atom. The van der Waals surface area contributed by atoms with Crippen LogP contribution in [0.5, 0.6) is 0 Å². The summed E-state index contributed by atoms with van der Waals surface area (Å²) in [5.41, 5.74) is -0.117. The zero-order chi connectivity index (χ0) is 18.8. The van der Waals surface area contributed by atoms with E-state index in [1.807, 2.05) is 0 Å². The predicted molar refractivity (Wildman–Crippen MR) is 93.1 cm³/mol. The first kappa shape index (κ1) is 19.1. The van der Waals surface area contributed by atoms with Gasteiger partial charge in [0.25, 0.3) is 0 Å². The van der Waals surface area contributed by atoms with Gasteiger partial charge in [-0.1, -0.05) is 13.0 Å². The second-order valence-corrected chi connectivity index (χ2v) is 7.86. The molecule has 0 aliphatic rings. The predicted octanol–water partition coefficient (Wildman–Crippen LogP) is 4.70. The van der Waals surface area contributed by atoms with E-state index in [0.29, 0.717) is 12.0 Å². The van der Waals surface area contributed by atoms with E-state index in [1.54, 1.807) is 19.9 Å². The largest absolute Gasteiger partial charge is 0.349 e. The fraction of sp³-hybridized carbons (Fsp3) is 0.294. The summed E-state index contributed by atoms with van der Waals surface area (Å²) in [5.74, 6) is -3.15. The molecule has 0 radical (unpaired) electrons. The third-order valence-corrected chi connectivity index (χ3v) is 5.73. The van der Waals surface area contributed by atoms with E-state index in [0.717, 1.165) is 12.1 Å². The molecule has 0 saturated carbocycles.